The lowest BCUT2D eigenvalue weighted by atomic mass is 10.3. The lowest BCUT2D eigenvalue weighted by Crippen LogP contribution is -2.36. The highest BCUT2D eigenvalue weighted by molar-refractivity contribution is 7.89. The second kappa shape index (κ2) is 7.73. The van der Waals surface area contributed by atoms with E-state index in [9.17, 15) is 8.42 Å². The van der Waals surface area contributed by atoms with Gasteiger partial charge in [0.25, 0.3) is 0 Å². The predicted molar refractivity (Wildman–Crippen MR) is 82.3 cm³/mol. The molecule has 0 aromatic heterocycles. The van der Waals surface area contributed by atoms with Gasteiger partial charge in [0.2, 0.25) is 10.0 Å². The van der Waals surface area contributed by atoms with Crippen molar-refractivity contribution in [3.63, 3.8) is 0 Å². The second-order valence-electron chi connectivity index (χ2n) is 6.12. The third-order valence-corrected chi connectivity index (χ3v) is 6.18. The van der Waals surface area contributed by atoms with Crippen LogP contribution in [0.3, 0.4) is 0 Å². The molecular formula is C14H29N3O2S. The van der Waals surface area contributed by atoms with Crippen LogP contribution in [0.5, 0.6) is 0 Å². The zero-order chi connectivity index (χ0) is 14.4. The summed E-state index contributed by atoms with van der Waals surface area (Å²) in [5.41, 5.74) is 0. The van der Waals surface area contributed by atoms with E-state index >= 15 is 0 Å². The lowest BCUT2D eigenvalue weighted by molar-refractivity contribution is 0.310. The van der Waals surface area contributed by atoms with Gasteiger partial charge in [-0.25, -0.2) is 12.7 Å². The Hall–Kier alpha value is -0.170. The lowest BCUT2D eigenvalue weighted by Gasteiger charge is -2.21. The van der Waals surface area contributed by atoms with Crippen LogP contribution in [0.15, 0.2) is 0 Å². The monoisotopic (exact) mass is 303 g/mol. The number of sulfonamides is 1. The first-order valence-corrected chi connectivity index (χ1v) is 9.58. The van der Waals surface area contributed by atoms with E-state index in [4.69, 9.17) is 0 Å². The Morgan fingerprint density at radius 2 is 1.90 bits per heavy atom. The summed E-state index contributed by atoms with van der Waals surface area (Å²) in [5.74, 6) is 0.288. The van der Waals surface area contributed by atoms with Crippen LogP contribution in [-0.2, 0) is 10.0 Å². The van der Waals surface area contributed by atoms with Crippen LogP contribution in [0, 0.1) is 0 Å². The standard InChI is InChI=1S/C14H29N3O2S/c1-16(11-12-17-9-3-4-10-17)20(18,19)13-5-2-8-15-14-6-7-14/h14-15H,2-13H2,1H3. The van der Waals surface area contributed by atoms with Gasteiger partial charge in [-0.1, -0.05) is 0 Å². The minimum atomic E-state index is -3.06. The summed E-state index contributed by atoms with van der Waals surface area (Å²) >= 11 is 0. The molecule has 2 aliphatic rings. The van der Waals surface area contributed by atoms with Crippen molar-refractivity contribution in [2.24, 2.45) is 0 Å². The summed E-state index contributed by atoms with van der Waals surface area (Å²) in [5, 5.41) is 3.42. The van der Waals surface area contributed by atoms with E-state index in [1.54, 1.807) is 11.4 Å². The number of likely N-dealkylation sites (tertiary alicyclic amines) is 1. The van der Waals surface area contributed by atoms with Gasteiger partial charge in [0.05, 0.1) is 5.75 Å². The highest BCUT2D eigenvalue weighted by atomic mass is 32.2. The molecule has 1 saturated carbocycles. The number of hydrogen-bond acceptors (Lipinski definition) is 4. The van der Waals surface area contributed by atoms with E-state index in [-0.39, 0.29) is 5.75 Å². The number of nitrogens with zero attached hydrogens (tertiary/aromatic N) is 2. The van der Waals surface area contributed by atoms with Crippen molar-refractivity contribution in [2.75, 3.05) is 45.5 Å². The van der Waals surface area contributed by atoms with Crippen LogP contribution >= 0.6 is 0 Å². The van der Waals surface area contributed by atoms with Crippen molar-refractivity contribution in [1.29, 1.82) is 0 Å². The molecule has 2 fully saturated rings. The Morgan fingerprint density at radius 1 is 1.20 bits per heavy atom. The van der Waals surface area contributed by atoms with Gasteiger partial charge in [-0.2, -0.15) is 0 Å². The van der Waals surface area contributed by atoms with Crippen LogP contribution in [0.2, 0.25) is 0 Å². The maximum absolute atomic E-state index is 12.1. The summed E-state index contributed by atoms with van der Waals surface area (Å²) in [6, 6.07) is 0.717. The van der Waals surface area contributed by atoms with Gasteiger partial charge in [-0.15, -0.1) is 0 Å². The summed E-state index contributed by atoms with van der Waals surface area (Å²) in [6.07, 6.45) is 6.80. The topological polar surface area (TPSA) is 52.7 Å². The first-order chi connectivity index (χ1) is 9.58. The Labute approximate surface area is 123 Å². The number of hydrogen-bond donors (Lipinski definition) is 1. The fourth-order valence-corrected chi connectivity index (χ4v) is 3.83. The van der Waals surface area contributed by atoms with E-state index in [0.29, 0.717) is 6.54 Å². The summed E-state index contributed by atoms with van der Waals surface area (Å²) in [4.78, 5) is 2.35. The van der Waals surface area contributed by atoms with Crippen molar-refractivity contribution in [1.82, 2.24) is 14.5 Å². The van der Waals surface area contributed by atoms with Gasteiger partial charge < -0.3 is 10.2 Å². The molecule has 0 bridgehead atoms. The molecule has 1 aliphatic carbocycles. The van der Waals surface area contributed by atoms with Gasteiger partial charge in [0.1, 0.15) is 0 Å². The van der Waals surface area contributed by atoms with Crippen molar-refractivity contribution in [3.05, 3.63) is 0 Å². The molecule has 118 valence electrons. The highest BCUT2D eigenvalue weighted by Crippen LogP contribution is 2.18. The zero-order valence-corrected chi connectivity index (χ0v) is 13.5. The quantitative estimate of drug-likeness (QED) is 0.609. The number of rotatable bonds is 10. The number of nitrogens with one attached hydrogen (secondary N) is 1. The second-order valence-corrected chi connectivity index (χ2v) is 8.32. The summed E-state index contributed by atoms with van der Waals surface area (Å²) in [6.45, 7) is 4.71. The van der Waals surface area contributed by atoms with Crippen molar-refractivity contribution in [2.45, 2.75) is 44.6 Å². The van der Waals surface area contributed by atoms with Crippen molar-refractivity contribution in [3.8, 4) is 0 Å². The maximum Gasteiger partial charge on any atom is 0.213 e. The van der Waals surface area contributed by atoms with E-state index in [2.05, 4.69) is 10.2 Å². The van der Waals surface area contributed by atoms with Crippen molar-refractivity contribution < 1.29 is 8.42 Å². The molecule has 0 amide bonds. The van der Waals surface area contributed by atoms with Gasteiger partial charge in [0.15, 0.2) is 0 Å². The molecule has 1 N–H and O–H groups in total. The first-order valence-electron chi connectivity index (χ1n) is 7.98. The van der Waals surface area contributed by atoms with Crippen LogP contribution in [0.1, 0.15) is 38.5 Å². The molecule has 0 aromatic rings. The fraction of sp³-hybridized carbons (Fsp3) is 1.00. The number of likely N-dealkylation sites (N-methyl/N-ethyl adjacent to an activating group) is 1. The van der Waals surface area contributed by atoms with Crippen molar-refractivity contribution >= 4 is 10.0 Å². The summed E-state index contributed by atoms with van der Waals surface area (Å²) < 4.78 is 25.8. The smallest absolute Gasteiger partial charge is 0.213 e. The fourth-order valence-electron chi connectivity index (χ4n) is 2.59. The Kier molecular flexibility index (Phi) is 6.26. The molecule has 2 rings (SSSR count). The molecule has 20 heavy (non-hydrogen) atoms. The SMILES string of the molecule is CN(CCN1CCCC1)S(=O)(=O)CCCCNC1CC1. The third-order valence-electron chi connectivity index (χ3n) is 4.24. The van der Waals surface area contributed by atoms with E-state index in [1.807, 2.05) is 0 Å². The average molecular weight is 303 g/mol. The maximum atomic E-state index is 12.1. The van der Waals surface area contributed by atoms with Gasteiger partial charge in [-0.05, 0) is 58.2 Å². The van der Waals surface area contributed by atoms with Gasteiger partial charge in [0, 0.05) is 26.2 Å². The van der Waals surface area contributed by atoms with E-state index in [0.717, 1.165) is 45.1 Å². The normalized spacial score (nSPS) is 20.9. The molecular weight excluding hydrogens is 274 g/mol. The molecule has 0 unspecified atom stereocenters. The Bertz CT molecular complexity index is 376. The van der Waals surface area contributed by atoms with Gasteiger partial charge in [-0.3, -0.25) is 0 Å². The highest BCUT2D eigenvalue weighted by Gasteiger charge is 2.21. The molecule has 0 atom stereocenters. The third kappa shape index (κ3) is 5.68. The Morgan fingerprint density at radius 3 is 2.55 bits per heavy atom. The van der Waals surface area contributed by atoms with Gasteiger partial charge >= 0.3 is 0 Å². The van der Waals surface area contributed by atoms with Crippen LogP contribution in [0.4, 0.5) is 0 Å². The molecule has 5 nitrogen and oxygen atoms in total. The molecule has 0 spiro atoms. The minimum absolute atomic E-state index is 0.288. The molecule has 0 aromatic carbocycles. The van der Waals surface area contributed by atoms with Crippen LogP contribution in [-0.4, -0.2) is 69.2 Å². The van der Waals surface area contributed by atoms with E-state index in [1.165, 1.54) is 25.7 Å². The first kappa shape index (κ1) is 16.2. The molecule has 1 heterocycles. The molecule has 6 heteroatoms. The van der Waals surface area contributed by atoms with Crippen LogP contribution in [0.25, 0.3) is 0 Å². The largest absolute Gasteiger partial charge is 0.314 e. The van der Waals surface area contributed by atoms with Crippen LogP contribution < -0.4 is 5.32 Å². The predicted octanol–water partition coefficient (Wildman–Crippen LogP) is 0.876. The summed E-state index contributed by atoms with van der Waals surface area (Å²) in [7, 11) is -1.34. The van der Waals surface area contributed by atoms with E-state index < -0.39 is 10.0 Å². The Balaban J connectivity index is 1.57. The molecule has 1 aliphatic heterocycles. The molecule has 1 saturated heterocycles. The molecule has 0 radical (unpaired) electrons. The average Bonchev–Trinajstić information content (AvgIpc) is 3.09. The number of unbranched alkanes of at least 4 members (excludes halogenated alkanes) is 1. The minimum Gasteiger partial charge on any atom is -0.314 e. The zero-order valence-electron chi connectivity index (χ0n) is 12.7.